The Bertz CT molecular complexity index is 814. The second-order valence-corrected chi connectivity index (χ2v) is 4.64. The van der Waals surface area contributed by atoms with Gasteiger partial charge in [-0.1, -0.05) is 5.16 Å². The molecule has 0 aliphatic heterocycles. The topological polar surface area (TPSA) is 134 Å². The smallest absolute Gasteiger partial charge is 0.366 e. The average molecular weight is 345 g/mol. The Balaban J connectivity index is 2.15. The second kappa shape index (κ2) is 7.64. The van der Waals surface area contributed by atoms with Gasteiger partial charge in [-0.05, 0) is 29.8 Å². The second-order valence-electron chi connectivity index (χ2n) is 4.64. The van der Waals surface area contributed by atoms with Gasteiger partial charge in [-0.2, -0.15) is 0 Å². The number of ether oxygens (including phenoxy) is 1. The molecule has 0 saturated heterocycles. The summed E-state index contributed by atoms with van der Waals surface area (Å²) in [7, 11) is 1.52. The molecule has 0 spiro atoms. The Kier molecular flexibility index (Phi) is 5.36. The lowest BCUT2D eigenvalue weighted by Gasteiger charge is -2.00. The molecule has 2 rings (SSSR count). The highest BCUT2D eigenvalue weighted by Crippen LogP contribution is 2.23. The monoisotopic (exact) mass is 345 g/mol. The lowest BCUT2D eigenvalue weighted by atomic mass is 10.2. The lowest BCUT2D eigenvalue weighted by molar-refractivity contribution is -0.394. The number of carbonyl (C=O) groups excluding carboxylic acids is 1. The summed E-state index contributed by atoms with van der Waals surface area (Å²) in [5.41, 5.74) is -0.938. The van der Waals surface area contributed by atoms with Gasteiger partial charge < -0.3 is 9.57 Å². The fourth-order valence-corrected chi connectivity index (χ4v) is 1.80. The Morgan fingerprint density at radius 1 is 1.04 bits per heavy atom. The summed E-state index contributed by atoms with van der Waals surface area (Å²) in [5, 5.41) is 25.1. The summed E-state index contributed by atoms with van der Waals surface area (Å²) < 4.78 is 4.99. The van der Waals surface area contributed by atoms with Gasteiger partial charge in [-0.3, -0.25) is 20.2 Å². The highest BCUT2D eigenvalue weighted by atomic mass is 16.7. The molecule has 0 N–H and O–H groups in total. The molecule has 0 atom stereocenters. The van der Waals surface area contributed by atoms with Crippen molar-refractivity contribution in [3.05, 3.63) is 73.8 Å². The van der Waals surface area contributed by atoms with Crippen molar-refractivity contribution in [3.63, 3.8) is 0 Å². The molecule has 0 amide bonds. The van der Waals surface area contributed by atoms with Crippen molar-refractivity contribution in [1.82, 2.24) is 0 Å². The van der Waals surface area contributed by atoms with E-state index >= 15 is 0 Å². The van der Waals surface area contributed by atoms with Crippen LogP contribution in [-0.4, -0.2) is 29.1 Å². The number of hydrogen-bond acceptors (Lipinski definition) is 8. The molecule has 0 aliphatic rings. The van der Waals surface area contributed by atoms with Crippen LogP contribution in [0, 0.1) is 20.2 Å². The van der Waals surface area contributed by atoms with Crippen molar-refractivity contribution < 1.29 is 24.2 Å². The standard InChI is InChI=1S/C15H11N3O7/c1-24-14-4-2-10(3-5-14)9-16-25-15(19)11-6-12(17(20)21)8-13(7-11)18(22)23/h2-9H,1H3/b16-9+. The number of nitrogens with zero attached hydrogens (tertiary/aromatic N) is 3. The first kappa shape index (κ1) is 17.5. The van der Waals surface area contributed by atoms with Gasteiger partial charge in [-0.15, -0.1) is 0 Å². The highest BCUT2D eigenvalue weighted by Gasteiger charge is 2.20. The van der Waals surface area contributed by atoms with Crippen LogP contribution in [0.3, 0.4) is 0 Å². The van der Waals surface area contributed by atoms with Crippen LogP contribution in [0.25, 0.3) is 0 Å². The van der Waals surface area contributed by atoms with Crippen LogP contribution >= 0.6 is 0 Å². The summed E-state index contributed by atoms with van der Waals surface area (Å²) in [4.78, 5) is 36.4. The van der Waals surface area contributed by atoms with Gasteiger partial charge >= 0.3 is 5.97 Å². The maximum atomic E-state index is 11.9. The van der Waals surface area contributed by atoms with Crippen LogP contribution in [0.2, 0.25) is 0 Å². The van der Waals surface area contributed by atoms with Gasteiger partial charge in [0, 0.05) is 12.1 Å². The molecule has 2 aromatic rings. The summed E-state index contributed by atoms with van der Waals surface area (Å²) in [6.45, 7) is 0. The fourth-order valence-electron chi connectivity index (χ4n) is 1.80. The minimum Gasteiger partial charge on any atom is -0.497 e. The van der Waals surface area contributed by atoms with E-state index in [1.807, 2.05) is 0 Å². The Morgan fingerprint density at radius 3 is 2.08 bits per heavy atom. The molecule has 0 unspecified atom stereocenters. The minimum absolute atomic E-state index is 0.354. The van der Waals surface area contributed by atoms with E-state index in [1.165, 1.54) is 13.3 Å². The van der Waals surface area contributed by atoms with Gasteiger partial charge in [0.15, 0.2) is 0 Å². The first-order valence-corrected chi connectivity index (χ1v) is 6.73. The summed E-state index contributed by atoms with van der Waals surface area (Å²) in [5.74, 6) is -0.422. The largest absolute Gasteiger partial charge is 0.497 e. The Hall–Kier alpha value is -3.82. The van der Waals surface area contributed by atoms with Crippen molar-refractivity contribution in [3.8, 4) is 5.75 Å². The van der Waals surface area contributed by atoms with Gasteiger partial charge in [0.05, 0.1) is 34.8 Å². The number of nitro groups is 2. The zero-order valence-electron chi connectivity index (χ0n) is 12.8. The van der Waals surface area contributed by atoms with E-state index in [2.05, 4.69) is 9.99 Å². The van der Waals surface area contributed by atoms with E-state index in [4.69, 9.17) is 4.74 Å². The van der Waals surface area contributed by atoms with Gasteiger partial charge in [0.25, 0.3) is 11.4 Å². The van der Waals surface area contributed by atoms with Crippen LogP contribution in [0.1, 0.15) is 15.9 Å². The molecule has 0 saturated carbocycles. The molecular formula is C15H11N3O7. The zero-order valence-corrected chi connectivity index (χ0v) is 12.8. The van der Waals surface area contributed by atoms with Crippen molar-refractivity contribution in [2.24, 2.45) is 5.16 Å². The number of hydrogen-bond donors (Lipinski definition) is 0. The maximum Gasteiger partial charge on any atom is 0.366 e. The number of methoxy groups -OCH3 is 1. The predicted octanol–water partition coefficient (Wildman–Crippen LogP) is 2.70. The first-order valence-electron chi connectivity index (χ1n) is 6.73. The number of non-ortho nitro benzene ring substituents is 2. The van der Waals surface area contributed by atoms with E-state index in [0.29, 0.717) is 11.3 Å². The fraction of sp³-hybridized carbons (Fsp3) is 0.0667. The van der Waals surface area contributed by atoms with Crippen LogP contribution in [0.15, 0.2) is 47.6 Å². The quantitative estimate of drug-likeness (QED) is 0.340. The molecule has 0 bridgehead atoms. The maximum absolute atomic E-state index is 11.9. The molecule has 0 aromatic heterocycles. The van der Waals surface area contributed by atoms with Gasteiger partial charge in [-0.25, -0.2) is 4.79 Å². The van der Waals surface area contributed by atoms with Crippen LogP contribution in [0.5, 0.6) is 5.75 Å². The number of oxime groups is 1. The summed E-state index contributed by atoms with van der Waals surface area (Å²) in [6.07, 6.45) is 1.24. The zero-order chi connectivity index (χ0) is 18.4. The molecule has 10 nitrogen and oxygen atoms in total. The molecule has 2 aromatic carbocycles. The van der Waals surface area contributed by atoms with Gasteiger partial charge in [0.2, 0.25) is 0 Å². The molecular weight excluding hydrogens is 334 g/mol. The van der Waals surface area contributed by atoms with E-state index in [9.17, 15) is 25.0 Å². The Morgan fingerprint density at radius 2 is 1.60 bits per heavy atom. The van der Waals surface area contributed by atoms with Crippen LogP contribution < -0.4 is 4.74 Å². The number of benzene rings is 2. The minimum atomic E-state index is -1.06. The molecule has 0 heterocycles. The van der Waals surface area contributed by atoms with Crippen molar-refractivity contribution in [2.75, 3.05) is 7.11 Å². The Labute approximate surface area is 140 Å². The summed E-state index contributed by atoms with van der Waals surface area (Å²) >= 11 is 0. The van der Waals surface area contributed by atoms with E-state index < -0.39 is 27.2 Å². The number of nitro benzene ring substituents is 2. The van der Waals surface area contributed by atoms with Crippen molar-refractivity contribution in [1.29, 1.82) is 0 Å². The normalized spacial score (nSPS) is 10.4. The van der Waals surface area contributed by atoms with E-state index in [0.717, 1.165) is 18.2 Å². The third-order valence-electron chi connectivity index (χ3n) is 3.01. The lowest BCUT2D eigenvalue weighted by Crippen LogP contribution is -2.04. The van der Waals surface area contributed by atoms with Crippen LogP contribution in [-0.2, 0) is 4.84 Å². The third kappa shape index (κ3) is 4.58. The molecule has 10 heteroatoms. The van der Waals surface area contributed by atoms with Crippen LogP contribution in [0.4, 0.5) is 11.4 Å². The number of rotatable bonds is 6. The summed E-state index contributed by atoms with van der Waals surface area (Å²) in [6, 6.07) is 9.16. The predicted molar refractivity (Wildman–Crippen MR) is 85.8 cm³/mol. The van der Waals surface area contributed by atoms with Gasteiger partial charge in [0.1, 0.15) is 5.75 Å². The highest BCUT2D eigenvalue weighted by molar-refractivity contribution is 5.91. The molecule has 0 fully saturated rings. The number of carbonyl (C=O) groups is 1. The van der Waals surface area contributed by atoms with Crippen molar-refractivity contribution >= 4 is 23.6 Å². The van der Waals surface area contributed by atoms with E-state index in [1.54, 1.807) is 24.3 Å². The SMILES string of the molecule is COc1ccc(/C=N/OC(=O)c2cc([N+](=O)[O-])cc([N+](=O)[O-])c2)cc1. The molecule has 0 aliphatic carbocycles. The average Bonchev–Trinajstić information content (AvgIpc) is 2.61. The van der Waals surface area contributed by atoms with E-state index in [-0.39, 0.29) is 5.56 Å². The first-order chi connectivity index (χ1) is 11.9. The molecule has 128 valence electrons. The van der Waals surface area contributed by atoms with Crippen molar-refractivity contribution in [2.45, 2.75) is 0 Å². The third-order valence-corrected chi connectivity index (χ3v) is 3.01. The molecule has 0 radical (unpaired) electrons. The molecule has 25 heavy (non-hydrogen) atoms.